The lowest BCUT2D eigenvalue weighted by Gasteiger charge is -2.28. The van der Waals surface area contributed by atoms with Gasteiger partial charge in [0.1, 0.15) is 5.78 Å². The van der Waals surface area contributed by atoms with Crippen LogP contribution in [-0.2, 0) is 9.53 Å². The van der Waals surface area contributed by atoms with Crippen molar-refractivity contribution >= 4 is 5.78 Å². The third-order valence-electron chi connectivity index (χ3n) is 2.47. The summed E-state index contributed by atoms with van der Waals surface area (Å²) < 4.78 is 5.63. The zero-order chi connectivity index (χ0) is 7.19. The highest BCUT2D eigenvalue weighted by molar-refractivity contribution is 5.81. The second kappa shape index (κ2) is 1.82. The van der Waals surface area contributed by atoms with Crippen LogP contribution in [0.15, 0.2) is 0 Å². The second-order valence-electron chi connectivity index (χ2n) is 3.65. The number of rotatable bonds is 0. The highest BCUT2D eigenvalue weighted by Crippen LogP contribution is 2.38. The zero-order valence-electron chi connectivity index (χ0n) is 6.22. The van der Waals surface area contributed by atoms with Crippen LogP contribution in [0.5, 0.6) is 0 Å². The van der Waals surface area contributed by atoms with Crippen LogP contribution in [0.4, 0.5) is 0 Å². The van der Waals surface area contributed by atoms with Crippen molar-refractivity contribution in [3.63, 3.8) is 0 Å². The first-order chi connectivity index (χ1) is 4.68. The first kappa shape index (κ1) is 6.35. The van der Waals surface area contributed by atoms with Crippen molar-refractivity contribution in [1.29, 1.82) is 0 Å². The highest BCUT2D eigenvalue weighted by atomic mass is 16.5. The minimum Gasteiger partial charge on any atom is -0.371 e. The topological polar surface area (TPSA) is 26.3 Å². The number of carbonyl (C=O) groups is 1. The van der Waals surface area contributed by atoms with Gasteiger partial charge in [0.25, 0.3) is 0 Å². The third kappa shape index (κ3) is 0.870. The number of hydrogen-bond acceptors (Lipinski definition) is 2. The van der Waals surface area contributed by atoms with E-state index in [0.29, 0.717) is 18.6 Å². The second-order valence-corrected chi connectivity index (χ2v) is 3.65. The molecule has 2 rings (SSSR count). The van der Waals surface area contributed by atoms with Crippen LogP contribution in [0.25, 0.3) is 0 Å². The molecule has 2 bridgehead atoms. The molecule has 0 aromatic rings. The molecule has 0 aromatic carbocycles. The molecule has 0 saturated carbocycles. The third-order valence-corrected chi connectivity index (χ3v) is 2.47. The van der Waals surface area contributed by atoms with Crippen LogP contribution in [0, 0.1) is 0 Å². The van der Waals surface area contributed by atoms with Crippen molar-refractivity contribution in [3.8, 4) is 0 Å². The number of ether oxygens (including phenoxy) is 1. The lowest BCUT2D eigenvalue weighted by Crippen LogP contribution is -2.34. The summed E-state index contributed by atoms with van der Waals surface area (Å²) in [7, 11) is 0. The Morgan fingerprint density at radius 1 is 1.70 bits per heavy atom. The van der Waals surface area contributed by atoms with Crippen LogP contribution < -0.4 is 0 Å². The van der Waals surface area contributed by atoms with Crippen LogP contribution in [0.1, 0.15) is 32.6 Å². The van der Waals surface area contributed by atoms with Gasteiger partial charge < -0.3 is 4.74 Å². The predicted octanol–water partition coefficient (Wildman–Crippen LogP) is 1.29. The Labute approximate surface area is 60.6 Å². The van der Waals surface area contributed by atoms with Gasteiger partial charge >= 0.3 is 0 Å². The van der Waals surface area contributed by atoms with E-state index in [9.17, 15) is 4.79 Å². The van der Waals surface area contributed by atoms with E-state index < -0.39 is 0 Å². The molecular weight excluding hydrogens is 128 g/mol. The van der Waals surface area contributed by atoms with E-state index in [4.69, 9.17) is 4.74 Å². The zero-order valence-corrected chi connectivity index (χ0v) is 6.22. The van der Waals surface area contributed by atoms with Crippen molar-refractivity contribution in [2.45, 2.75) is 44.3 Å². The summed E-state index contributed by atoms with van der Waals surface area (Å²) >= 11 is 0. The van der Waals surface area contributed by atoms with Gasteiger partial charge in [-0.3, -0.25) is 4.79 Å². The summed E-state index contributed by atoms with van der Waals surface area (Å²) in [4.78, 5) is 11.0. The predicted molar refractivity (Wildman–Crippen MR) is 36.8 cm³/mol. The molecule has 2 aliphatic heterocycles. The van der Waals surface area contributed by atoms with E-state index in [1.165, 1.54) is 0 Å². The maximum atomic E-state index is 11.0. The minimum absolute atomic E-state index is 0.0833. The molecule has 2 aliphatic rings. The van der Waals surface area contributed by atoms with Gasteiger partial charge in [-0.25, -0.2) is 0 Å². The summed E-state index contributed by atoms with van der Waals surface area (Å²) in [5.74, 6) is 0.385. The Kier molecular flexibility index (Phi) is 1.15. The molecule has 0 aromatic heterocycles. The average Bonchev–Trinajstić information content (AvgIpc) is 2.06. The summed E-state index contributed by atoms with van der Waals surface area (Å²) in [6.07, 6.45) is 3.72. The molecule has 2 heteroatoms. The quantitative estimate of drug-likeness (QED) is 0.506. The van der Waals surface area contributed by atoms with Gasteiger partial charge in [-0.1, -0.05) is 0 Å². The Bertz CT molecular complexity index is 176. The Morgan fingerprint density at radius 3 is 3.20 bits per heavy atom. The van der Waals surface area contributed by atoms with Gasteiger partial charge in [0, 0.05) is 12.8 Å². The van der Waals surface area contributed by atoms with Gasteiger partial charge in [0.05, 0.1) is 11.7 Å². The maximum absolute atomic E-state index is 11.0. The fourth-order valence-corrected chi connectivity index (χ4v) is 2.00. The summed E-state index contributed by atoms with van der Waals surface area (Å²) in [6, 6.07) is 0. The first-order valence-corrected chi connectivity index (χ1v) is 3.87. The molecule has 2 fully saturated rings. The number of ketones is 1. The van der Waals surface area contributed by atoms with Crippen molar-refractivity contribution < 1.29 is 9.53 Å². The smallest absolute Gasteiger partial charge is 0.138 e. The monoisotopic (exact) mass is 140 g/mol. The lowest BCUT2D eigenvalue weighted by molar-refractivity contribution is -0.137. The largest absolute Gasteiger partial charge is 0.371 e. The molecule has 2 unspecified atom stereocenters. The number of carbonyl (C=O) groups excluding carboxylic acids is 1. The van der Waals surface area contributed by atoms with Crippen molar-refractivity contribution in [2.75, 3.05) is 0 Å². The molecule has 2 heterocycles. The SMILES string of the molecule is CC12CCC(CC(=O)C1)O2. The molecule has 0 N–H and O–H groups in total. The Hall–Kier alpha value is -0.370. The standard InChI is InChI=1S/C8H12O2/c1-8-3-2-7(10-8)4-6(9)5-8/h7H,2-5H2,1H3. The van der Waals surface area contributed by atoms with Crippen LogP contribution >= 0.6 is 0 Å². The average molecular weight is 140 g/mol. The van der Waals surface area contributed by atoms with E-state index in [1.807, 2.05) is 6.92 Å². The fourth-order valence-electron chi connectivity index (χ4n) is 2.00. The molecular formula is C8H12O2. The first-order valence-electron chi connectivity index (χ1n) is 3.87. The van der Waals surface area contributed by atoms with Crippen molar-refractivity contribution in [3.05, 3.63) is 0 Å². The molecule has 0 aliphatic carbocycles. The highest BCUT2D eigenvalue weighted by Gasteiger charge is 2.42. The molecule has 2 atom stereocenters. The van der Waals surface area contributed by atoms with E-state index in [2.05, 4.69) is 0 Å². The summed E-state index contributed by atoms with van der Waals surface area (Å²) in [6.45, 7) is 2.05. The fraction of sp³-hybridized carbons (Fsp3) is 0.875. The van der Waals surface area contributed by atoms with Crippen LogP contribution in [0.2, 0.25) is 0 Å². The molecule has 0 spiro atoms. The van der Waals surface area contributed by atoms with E-state index in [-0.39, 0.29) is 11.7 Å². The van der Waals surface area contributed by atoms with Crippen LogP contribution in [-0.4, -0.2) is 17.5 Å². The summed E-state index contributed by atoms with van der Waals surface area (Å²) in [5, 5.41) is 0. The van der Waals surface area contributed by atoms with Crippen molar-refractivity contribution in [1.82, 2.24) is 0 Å². The van der Waals surface area contributed by atoms with Crippen LogP contribution in [0.3, 0.4) is 0 Å². The van der Waals surface area contributed by atoms with Gasteiger partial charge in [-0.15, -0.1) is 0 Å². The summed E-state index contributed by atoms with van der Waals surface area (Å²) in [5.41, 5.74) is -0.0833. The minimum atomic E-state index is -0.0833. The van der Waals surface area contributed by atoms with Gasteiger partial charge in [0.15, 0.2) is 0 Å². The lowest BCUT2D eigenvalue weighted by atomic mass is 9.97. The molecule has 10 heavy (non-hydrogen) atoms. The van der Waals surface area contributed by atoms with Gasteiger partial charge in [0.2, 0.25) is 0 Å². The van der Waals surface area contributed by atoms with Gasteiger partial charge in [-0.05, 0) is 19.8 Å². The van der Waals surface area contributed by atoms with Crippen molar-refractivity contribution in [2.24, 2.45) is 0 Å². The Morgan fingerprint density at radius 2 is 2.50 bits per heavy atom. The number of fused-ring (bicyclic) bond motifs is 2. The molecule has 2 nitrogen and oxygen atoms in total. The molecule has 0 amide bonds. The van der Waals surface area contributed by atoms with E-state index in [1.54, 1.807) is 0 Å². The molecule has 56 valence electrons. The normalized spacial score (nSPS) is 46.1. The van der Waals surface area contributed by atoms with Gasteiger partial charge in [-0.2, -0.15) is 0 Å². The van der Waals surface area contributed by atoms with E-state index in [0.717, 1.165) is 12.8 Å². The number of Topliss-reactive ketones (excluding diaryl/α,β-unsaturated/α-hetero) is 1. The Balaban J connectivity index is 2.20. The van der Waals surface area contributed by atoms with E-state index >= 15 is 0 Å². The molecule has 2 saturated heterocycles. The maximum Gasteiger partial charge on any atom is 0.138 e. The number of hydrogen-bond donors (Lipinski definition) is 0. The molecule has 0 radical (unpaired) electrons.